The third kappa shape index (κ3) is 23.8. The first-order valence-corrected chi connectivity index (χ1v) is 18.3. The molecule has 0 aromatic heterocycles. The quantitative estimate of drug-likeness (QED) is 0.0624. The molecule has 0 heterocycles. The fraction of sp³-hybridized carbons (Fsp3) is 0.775. The largest absolute Gasteiger partial charge is 0.300 e. The van der Waals surface area contributed by atoms with Gasteiger partial charge in [-0.05, 0) is 82.5 Å². The molecule has 0 unspecified atom stereocenters. The zero-order valence-electron chi connectivity index (χ0n) is 27.8. The lowest BCUT2D eigenvalue weighted by Gasteiger charge is -2.41. The van der Waals surface area contributed by atoms with Crippen LogP contribution in [0.2, 0.25) is 0 Å². The van der Waals surface area contributed by atoms with Crippen molar-refractivity contribution in [3.05, 3.63) is 48.6 Å². The summed E-state index contributed by atoms with van der Waals surface area (Å²) in [6.07, 6.45) is 54.6. The van der Waals surface area contributed by atoms with Gasteiger partial charge in [0, 0.05) is 12.8 Å². The zero-order chi connectivity index (χ0) is 29.5. The topological polar surface area (TPSA) is 17.1 Å². The Morgan fingerprint density at radius 2 is 0.756 bits per heavy atom. The molecule has 0 saturated heterocycles. The third-order valence-corrected chi connectivity index (χ3v) is 8.96. The van der Waals surface area contributed by atoms with Crippen LogP contribution < -0.4 is 0 Å². The molecule has 0 aromatic rings. The minimum atomic E-state index is 0.390. The molecule has 0 amide bonds. The molecular formula is C40H70O. The average molecular weight is 567 g/mol. The Morgan fingerprint density at radius 1 is 0.439 bits per heavy atom. The van der Waals surface area contributed by atoms with Gasteiger partial charge in [0.15, 0.2) is 0 Å². The highest BCUT2D eigenvalue weighted by Gasteiger charge is 2.41. The summed E-state index contributed by atoms with van der Waals surface area (Å²) < 4.78 is 0. The molecule has 1 aliphatic carbocycles. The van der Waals surface area contributed by atoms with Crippen molar-refractivity contribution in [3.63, 3.8) is 0 Å². The third-order valence-electron chi connectivity index (χ3n) is 8.96. The van der Waals surface area contributed by atoms with Crippen molar-refractivity contribution in [2.75, 3.05) is 0 Å². The van der Waals surface area contributed by atoms with Crippen LogP contribution in [-0.2, 0) is 4.79 Å². The number of allylic oxidation sites excluding steroid dienone is 8. The molecule has 0 atom stereocenters. The summed E-state index contributed by atoms with van der Waals surface area (Å²) >= 11 is 0. The Labute approximate surface area is 257 Å². The number of unbranched alkanes of at least 4 members (excludes halogenated alkanes) is 18. The van der Waals surface area contributed by atoms with Crippen LogP contribution >= 0.6 is 0 Å². The first-order chi connectivity index (χ1) is 20.2. The molecule has 0 spiro atoms. The minimum absolute atomic E-state index is 0.390. The molecule has 1 aliphatic rings. The molecule has 0 aliphatic heterocycles. The summed E-state index contributed by atoms with van der Waals surface area (Å²) in [5, 5.41) is 0. The van der Waals surface area contributed by atoms with E-state index in [1.54, 1.807) is 0 Å². The number of carbonyl (C=O) groups is 1. The van der Waals surface area contributed by atoms with Crippen LogP contribution in [0.3, 0.4) is 0 Å². The zero-order valence-corrected chi connectivity index (χ0v) is 27.8. The maximum Gasteiger partial charge on any atom is 0.134 e. The van der Waals surface area contributed by atoms with Gasteiger partial charge in [-0.2, -0.15) is 0 Å². The summed E-state index contributed by atoms with van der Waals surface area (Å²) in [4.78, 5) is 11.8. The van der Waals surface area contributed by atoms with Crippen LogP contribution in [0.5, 0.6) is 0 Å². The molecule has 1 saturated carbocycles. The number of hydrogen-bond donors (Lipinski definition) is 0. The number of Topliss-reactive ketones (excluding diaryl/α,β-unsaturated/α-hetero) is 1. The van der Waals surface area contributed by atoms with Crippen LogP contribution in [0.4, 0.5) is 0 Å². The first-order valence-electron chi connectivity index (χ1n) is 18.3. The van der Waals surface area contributed by atoms with Crippen LogP contribution in [0.25, 0.3) is 0 Å². The van der Waals surface area contributed by atoms with Gasteiger partial charge in [-0.15, -0.1) is 0 Å². The molecule has 41 heavy (non-hydrogen) atoms. The van der Waals surface area contributed by atoms with Gasteiger partial charge >= 0.3 is 0 Å². The van der Waals surface area contributed by atoms with Gasteiger partial charge in [-0.3, -0.25) is 4.79 Å². The van der Waals surface area contributed by atoms with E-state index < -0.39 is 0 Å². The smallest absolute Gasteiger partial charge is 0.134 e. The molecule has 1 rings (SSSR count). The lowest BCUT2D eigenvalue weighted by Crippen LogP contribution is -2.37. The number of ketones is 1. The van der Waals surface area contributed by atoms with Crippen molar-refractivity contribution in [2.24, 2.45) is 5.41 Å². The van der Waals surface area contributed by atoms with Crippen LogP contribution in [-0.4, -0.2) is 5.78 Å². The van der Waals surface area contributed by atoms with Crippen LogP contribution in [0.15, 0.2) is 48.6 Å². The fourth-order valence-electron chi connectivity index (χ4n) is 6.24. The van der Waals surface area contributed by atoms with Crippen molar-refractivity contribution in [1.29, 1.82) is 0 Å². The minimum Gasteiger partial charge on any atom is -0.300 e. The van der Waals surface area contributed by atoms with E-state index in [0.29, 0.717) is 11.2 Å². The number of carbonyl (C=O) groups excluding carboxylic acids is 1. The van der Waals surface area contributed by atoms with E-state index in [0.717, 1.165) is 25.7 Å². The van der Waals surface area contributed by atoms with Crippen molar-refractivity contribution >= 4 is 5.78 Å². The number of rotatable bonds is 30. The summed E-state index contributed by atoms with van der Waals surface area (Å²) in [6, 6.07) is 0. The molecule has 0 bridgehead atoms. The van der Waals surface area contributed by atoms with Crippen molar-refractivity contribution in [3.8, 4) is 0 Å². The van der Waals surface area contributed by atoms with Gasteiger partial charge in [0.2, 0.25) is 0 Å². The van der Waals surface area contributed by atoms with Crippen LogP contribution in [0, 0.1) is 5.41 Å². The molecule has 1 nitrogen and oxygen atoms in total. The summed E-state index contributed by atoms with van der Waals surface area (Å²) in [7, 11) is 0. The van der Waals surface area contributed by atoms with Gasteiger partial charge in [0.1, 0.15) is 5.78 Å². The Morgan fingerprint density at radius 3 is 1.10 bits per heavy atom. The molecule has 236 valence electrons. The highest BCUT2D eigenvalue weighted by molar-refractivity contribution is 5.86. The van der Waals surface area contributed by atoms with E-state index in [2.05, 4.69) is 62.5 Å². The van der Waals surface area contributed by atoms with E-state index in [-0.39, 0.29) is 0 Å². The highest BCUT2D eigenvalue weighted by atomic mass is 16.1. The van der Waals surface area contributed by atoms with Gasteiger partial charge in [0.25, 0.3) is 0 Å². The van der Waals surface area contributed by atoms with Gasteiger partial charge in [-0.25, -0.2) is 0 Å². The average Bonchev–Trinajstić information content (AvgIpc) is 2.95. The maximum absolute atomic E-state index is 11.8. The van der Waals surface area contributed by atoms with Gasteiger partial charge < -0.3 is 0 Å². The number of hydrogen-bond acceptors (Lipinski definition) is 1. The van der Waals surface area contributed by atoms with Crippen molar-refractivity contribution in [1.82, 2.24) is 0 Å². The van der Waals surface area contributed by atoms with E-state index in [4.69, 9.17) is 0 Å². The standard InChI is InChI=1S/C40H70O/c1-3-5-7-9-11-13-15-17-19-21-23-25-27-29-31-33-35-40(37-39(41)38-40)36-34-32-30-28-26-24-22-20-18-16-14-12-10-8-6-4-2/h11-14,17-20H,3-10,15-16,21-38H2,1-2H3/b13-11-,14-12-,19-17-,20-18-. The molecule has 0 radical (unpaired) electrons. The first kappa shape index (κ1) is 37.7. The summed E-state index contributed by atoms with van der Waals surface area (Å²) in [5.41, 5.74) is 0.390. The molecule has 1 heteroatoms. The Kier molecular flexibility index (Phi) is 26.4. The van der Waals surface area contributed by atoms with Crippen LogP contribution in [0.1, 0.15) is 194 Å². The summed E-state index contributed by atoms with van der Waals surface area (Å²) in [6.45, 7) is 4.53. The highest BCUT2D eigenvalue weighted by Crippen LogP contribution is 2.47. The Bertz CT molecular complexity index is 636. The normalized spacial score (nSPS) is 15.3. The van der Waals surface area contributed by atoms with Crippen molar-refractivity contribution in [2.45, 2.75) is 194 Å². The maximum atomic E-state index is 11.8. The molecule has 0 aromatic carbocycles. The molecule has 1 fully saturated rings. The second kappa shape index (κ2) is 28.7. The fourth-order valence-corrected chi connectivity index (χ4v) is 6.24. The monoisotopic (exact) mass is 567 g/mol. The van der Waals surface area contributed by atoms with Gasteiger partial charge in [-0.1, -0.05) is 152 Å². The van der Waals surface area contributed by atoms with E-state index in [1.807, 2.05) is 0 Å². The molecule has 0 N–H and O–H groups in total. The Balaban J connectivity index is 1.93. The molecular weight excluding hydrogens is 496 g/mol. The van der Waals surface area contributed by atoms with E-state index >= 15 is 0 Å². The lowest BCUT2D eigenvalue weighted by atomic mass is 9.62. The second-order valence-electron chi connectivity index (χ2n) is 13.1. The van der Waals surface area contributed by atoms with E-state index in [9.17, 15) is 4.79 Å². The second-order valence-corrected chi connectivity index (χ2v) is 13.1. The van der Waals surface area contributed by atoms with Gasteiger partial charge in [0.05, 0.1) is 0 Å². The SMILES string of the molecule is CCCCC/C=C\C/C=C\CCCCCCCCC1(CCCCCCCC/C=C\C/C=C\CCCCC)CC(=O)C1. The van der Waals surface area contributed by atoms with E-state index in [1.165, 1.54) is 154 Å². The van der Waals surface area contributed by atoms with Crippen molar-refractivity contribution < 1.29 is 4.79 Å². The summed E-state index contributed by atoms with van der Waals surface area (Å²) in [5.74, 6) is 0.519. The predicted octanol–water partition coefficient (Wildman–Crippen LogP) is 13.7. The Hall–Kier alpha value is -1.37. The lowest BCUT2D eigenvalue weighted by molar-refractivity contribution is -0.133. The predicted molar refractivity (Wildman–Crippen MR) is 185 cm³/mol.